The third-order valence-corrected chi connectivity index (χ3v) is 2.74. The number of hydrogen-bond donors (Lipinski definition) is 1. The molecule has 0 bridgehead atoms. The van der Waals surface area contributed by atoms with Crippen LogP contribution >= 0.6 is 22.6 Å². The third-order valence-electron chi connectivity index (χ3n) is 2.20. The first-order valence-corrected chi connectivity index (χ1v) is 6.53. The fourth-order valence-electron chi connectivity index (χ4n) is 1.44. The van der Waals surface area contributed by atoms with Crippen LogP contribution in [0.5, 0.6) is 0 Å². The van der Waals surface area contributed by atoms with Gasteiger partial charge in [-0.05, 0) is 19.5 Å². The number of halogens is 1. The zero-order valence-corrected chi connectivity index (χ0v) is 10.3. The summed E-state index contributed by atoms with van der Waals surface area (Å²) in [5.41, 5.74) is 0. The van der Waals surface area contributed by atoms with E-state index in [1.807, 2.05) is 0 Å². The van der Waals surface area contributed by atoms with Gasteiger partial charge < -0.3 is 10.1 Å². The van der Waals surface area contributed by atoms with Gasteiger partial charge in [-0.15, -0.1) is 0 Å². The first-order valence-electron chi connectivity index (χ1n) is 5.00. The van der Waals surface area contributed by atoms with Crippen molar-refractivity contribution < 1.29 is 4.74 Å². The lowest BCUT2D eigenvalue weighted by atomic mass is 10.3. The Morgan fingerprint density at radius 2 is 2.00 bits per heavy atom. The van der Waals surface area contributed by atoms with Gasteiger partial charge in [0.25, 0.3) is 0 Å². The van der Waals surface area contributed by atoms with E-state index < -0.39 is 0 Å². The number of morpholine rings is 1. The second-order valence-electron chi connectivity index (χ2n) is 3.25. The molecule has 0 radical (unpaired) electrons. The van der Waals surface area contributed by atoms with Gasteiger partial charge in [0.2, 0.25) is 0 Å². The molecule has 0 spiro atoms. The topological polar surface area (TPSA) is 24.5 Å². The fraction of sp³-hybridized carbons (Fsp3) is 1.00. The average Bonchev–Trinajstić information content (AvgIpc) is 2.19. The number of hydrogen-bond acceptors (Lipinski definition) is 3. The van der Waals surface area contributed by atoms with Crippen molar-refractivity contribution in [2.24, 2.45) is 0 Å². The Hall–Kier alpha value is 0.610. The zero-order chi connectivity index (χ0) is 9.36. The predicted octanol–water partition coefficient (Wildman–Crippen LogP) is 0.733. The maximum absolute atomic E-state index is 5.29. The highest BCUT2D eigenvalue weighted by Gasteiger charge is 2.08. The molecule has 4 heteroatoms. The summed E-state index contributed by atoms with van der Waals surface area (Å²) in [5, 5.41) is 3.41. The maximum atomic E-state index is 5.29. The molecule has 1 rings (SSSR count). The SMILES string of the molecule is ICCNCCCN1CCOCC1. The van der Waals surface area contributed by atoms with Crippen LogP contribution in [-0.2, 0) is 4.74 Å². The first-order chi connectivity index (χ1) is 6.43. The molecule has 0 aromatic carbocycles. The van der Waals surface area contributed by atoms with Gasteiger partial charge in [-0.1, -0.05) is 22.6 Å². The van der Waals surface area contributed by atoms with Gasteiger partial charge in [0, 0.05) is 24.1 Å². The van der Waals surface area contributed by atoms with E-state index in [0.29, 0.717) is 0 Å². The van der Waals surface area contributed by atoms with Crippen LogP contribution in [0.1, 0.15) is 6.42 Å². The number of alkyl halides is 1. The largest absolute Gasteiger partial charge is 0.379 e. The Morgan fingerprint density at radius 3 is 2.69 bits per heavy atom. The van der Waals surface area contributed by atoms with Gasteiger partial charge >= 0.3 is 0 Å². The fourth-order valence-corrected chi connectivity index (χ4v) is 1.83. The lowest BCUT2D eigenvalue weighted by Gasteiger charge is -2.26. The Kier molecular flexibility index (Phi) is 7.16. The Balaban J connectivity index is 1.86. The van der Waals surface area contributed by atoms with Gasteiger partial charge in [-0.2, -0.15) is 0 Å². The molecule has 1 saturated heterocycles. The molecule has 1 N–H and O–H groups in total. The summed E-state index contributed by atoms with van der Waals surface area (Å²) in [6.07, 6.45) is 1.26. The van der Waals surface area contributed by atoms with Crippen molar-refractivity contribution in [3.05, 3.63) is 0 Å². The van der Waals surface area contributed by atoms with Gasteiger partial charge in [0.15, 0.2) is 0 Å². The minimum atomic E-state index is 0.918. The molecule has 1 fully saturated rings. The smallest absolute Gasteiger partial charge is 0.0594 e. The number of nitrogens with one attached hydrogen (secondary N) is 1. The van der Waals surface area contributed by atoms with E-state index in [1.54, 1.807) is 0 Å². The van der Waals surface area contributed by atoms with E-state index in [9.17, 15) is 0 Å². The average molecular weight is 298 g/mol. The third kappa shape index (κ3) is 5.83. The molecule has 1 aliphatic heterocycles. The van der Waals surface area contributed by atoms with Crippen molar-refractivity contribution in [1.29, 1.82) is 0 Å². The van der Waals surface area contributed by atoms with Crippen molar-refractivity contribution in [2.45, 2.75) is 6.42 Å². The van der Waals surface area contributed by atoms with Crippen molar-refractivity contribution >= 4 is 22.6 Å². The Labute approximate surface area is 94.3 Å². The molecule has 0 amide bonds. The summed E-state index contributed by atoms with van der Waals surface area (Å²) in [6, 6.07) is 0. The van der Waals surface area contributed by atoms with Gasteiger partial charge in [0.1, 0.15) is 0 Å². The van der Waals surface area contributed by atoms with E-state index in [2.05, 4.69) is 32.8 Å². The molecular weight excluding hydrogens is 279 g/mol. The molecule has 0 aromatic heterocycles. The van der Waals surface area contributed by atoms with E-state index in [1.165, 1.54) is 17.4 Å². The monoisotopic (exact) mass is 298 g/mol. The molecule has 3 nitrogen and oxygen atoms in total. The normalized spacial score (nSPS) is 19.2. The summed E-state index contributed by atoms with van der Waals surface area (Å²) in [6.45, 7) is 7.59. The number of nitrogens with zero attached hydrogens (tertiary/aromatic N) is 1. The van der Waals surface area contributed by atoms with Gasteiger partial charge in [-0.3, -0.25) is 4.90 Å². The van der Waals surface area contributed by atoms with Crippen LogP contribution in [0.2, 0.25) is 0 Å². The highest BCUT2D eigenvalue weighted by Crippen LogP contribution is 1.97. The summed E-state index contributed by atoms with van der Waals surface area (Å²) < 4.78 is 6.49. The van der Waals surface area contributed by atoms with Crippen molar-refractivity contribution in [2.75, 3.05) is 50.4 Å². The molecule has 0 aliphatic carbocycles. The van der Waals surface area contributed by atoms with E-state index in [-0.39, 0.29) is 0 Å². The summed E-state index contributed by atoms with van der Waals surface area (Å²) in [4.78, 5) is 2.48. The van der Waals surface area contributed by atoms with Crippen LogP contribution in [0.15, 0.2) is 0 Å². The van der Waals surface area contributed by atoms with Gasteiger partial charge in [-0.25, -0.2) is 0 Å². The highest BCUT2D eigenvalue weighted by atomic mass is 127. The summed E-state index contributed by atoms with van der Waals surface area (Å²) in [7, 11) is 0. The molecule has 0 unspecified atom stereocenters. The second-order valence-corrected chi connectivity index (χ2v) is 4.33. The molecule has 0 saturated carbocycles. The van der Waals surface area contributed by atoms with E-state index in [4.69, 9.17) is 4.74 Å². The van der Waals surface area contributed by atoms with E-state index in [0.717, 1.165) is 39.4 Å². The van der Waals surface area contributed by atoms with Crippen LogP contribution in [0.3, 0.4) is 0 Å². The minimum absolute atomic E-state index is 0.918. The molecule has 13 heavy (non-hydrogen) atoms. The predicted molar refractivity (Wildman–Crippen MR) is 63.6 cm³/mol. The molecule has 78 valence electrons. The minimum Gasteiger partial charge on any atom is -0.379 e. The Morgan fingerprint density at radius 1 is 1.23 bits per heavy atom. The molecule has 0 aromatic rings. The van der Waals surface area contributed by atoms with Crippen LogP contribution in [-0.4, -0.2) is 55.3 Å². The Bertz CT molecular complexity index is 118. The van der Waals surface area contributed by atoms with Crippen molar-refractivity contribution in [3.63, 3.8) is 0 Å². The molecular formula is C9H19IN2O. The maximum Gasteiger partial charge on any atom is 0.0594 e. The van der Waals surface area contributed by atoms with Crippen molar-refractivity contribution in [3.8, 4) is 0 Å². The zero-order valence-electron chi connectivity index (χ0n) is 8.10. The molecule has 0 atom stereocenters. The molecule has 1 aliphatic rings. The van der Waals surface area contributed by atoms with Crippen LogP contribution in [0, 0.1) is 0 Å². The summed E-state index contributed by atoms with van der Waals surface area (Å²) in [5.74, 6) is 0. The number of ether oxygens (including phenoxy) is 1. The van der Waals surface area contributed by atoms with Gasteiger partial charge in [0.05, 0.1) is 13.2 Å². The standard InChI is InChI=1S/C9H19IN2O/c10-2-4-11-3-1-5-12-6-8-13-9-7-12/h11H,1-9H2. The van der Waals surface area contributed by atoms with E-state index >= 15 is 0 Å². The van der Waals surface area contributed by atoms with Crippen LogP contribution < -0.4 is 5.32 Å². The second kappa shape index (κ2) is 7.96. The van der Waals surface area contributed by atoms with Crippen LogP contribution in [0.4, 0.5) is 0 Å². The first kappa shape index (κ1) is 11.7. The lowest BCUT2D eigenvalue weighted by molar-refractivity contribution is 0.0375. The lowest BCUT2D eigenvalue weighted by Crippen LogP contribution is -2.37. The highest BCUT2D eigenvalue weighted by molar-refractivity contribution is 14.1. The molecule has 1 heterocycles. The summed E-state index contributed by atoms with van der Waals surface area (Å²) >= 11 is 2.39. The quantitative estimate of drug-likeness (QED) is 0.444. The van der Waals surface area contributed by atoms with Crippen molar-refractivity contribution in [1.82, 2.24) is 10.2 Å². The number of rotatable bonds is 6. The van der Waals surface area contributed by atoms with Crippen LogP contribution in [0.25, 0.3) is 0 Å².